The van der Waals surface area contributed by atoms with Crippen molar-refractivity contribution < 1.29 is 4.74 Å². The Balaban J connectivity index is 1.22. The lowest BCUT2D eigenvalue weighted by Gasteiger charge is -2.45. The molecule has 1 unspecified atom stereocenters. The molecule has 2 aromatic carbocycles. The van der Waals surface area contributed by atoms with Crippen molar-refractivity contribution in [1.82, 2.24) is 19.4 Å². The number of nitrogens with zero attached hydrogens (tertiary/aromatic N) is 4. The van der Waals surface area contributed by atoms with Crippen LogP contribution in [0.1, 0.15) is 5.82 Å². The van der Waals surface area contributed by atoms with E-state index < -0.39 is 0 Å². The third-order valence-electron chi connectivity index (χ3n) is 6.61. The summed E-state index contributed by atoms with van der Waals surface area (Å²) in [6.07, 6.45) is 0. The number of benzene rings is 2. The molecule has 0 saturated carbocycles. The Morgan fingerprint density at radius 1 is 1.10 bits per heavy atom. The number of aryl methyl sites for hydroxylation is 1. The fourth-order valence-corrected chi connectivity index (χ4v) is 4.99. The van der Waals surface area contributed by atoms with Crippen molar-refractivity contribution in [2.45, 2.75) is 19.5 Å². The van der Waals surface area contributed by atoms with E-state index in [0.717, 1.165) is 54.2 Å². The Hall–Kier alpha value is -3.32. The van der Waals surface area contributed by atoms with Crippen molar-refractivity contribution in [1.29, 1.82) is 0 Å². The molecule has 1 N–H and O–H groups in total. The summed E-state index contributed by atoms with van der Waals surface area (Å²) < 4.78 is 7.78. The van der Waals surface area contributed by atoms with E-state index in [0.29, 0.717) is 24.7 Å². The van der Waals surface area contributed by atoms with Crippen molar-refractivity contribution >= 4 is 27.6 Å². The molecule has 2 aromatic heterocycles. The molecule has 7 heteroatoms. The quantitative estimate of drug-likeness (QED) is 0.557. The minimum absolute atomic E-state index is 0.00673. The van der Waals surface area contributed by atoms with Gasteiger partial charge in [0.05, 0.1) is 11.7 Å². The average Bonchev–Trinajstić information content (AvgIpc) is 3.17. The monoisotopic (exact) mass is 415 g/mol. The van der Waals surface area contributed by atoms with E-state index >= 15 is 0 Å². The highest BCUT2D eigenvalue weighted by Gasteiger charge is 2.32. The van der Waals surface area contributed by atoms with Gasteiger partial charge in [0.1, 0.15) is 29.2 Å². The Kier molecular flexibility index (Phi) is 4.24. The molecule has 0 aliphatic carbocycles. The number of anilines is 1. The molecular formula is C24H25N5O2. The lowest BCUT2D eigenvalue weighted by atomic mass is 10.1. The molecular weight excluding hydrogens is 390 g/mol. The molecule has 1 fully saturated rings. The fourth-order valence-electron chi connectivity index (χ4n) is 4.99. The number of hydrogen-bond donors (Lipinski definition) is 1. The minimum atomic E-state index is 0.00673. The number of aromatic amines is 1. The molecule has 0 spiro atoms. The second-order valence-electron chi connectivity index (χ2n) is 8.44. The first kappa shape index (κ1) is 18.4. The normalized spacial score (nSPS) is 18.7. The van der Waals surface area contributed by atoms with Gasteiger partial charge in [0.2, 0.25) is 0 Å². The van der Waals surface area contributed by atoms with Gasteiger partial charge in [-0.25, -0.2) is 4.98 Å². The number of ether oxygens (including phenoxy) is 1. The summed E-state index contributed by atoms with van der Waals surface area (Å²) >= 11 is 0. The zero-order valence-corrected chi connectivity index (χ0v) is 17.5. The van der Waals surface area contributed by atoms with Gasteiger partial charge in [0.25, 0.3) is 5.56 Å². The van der Waals surface area contributed by atoms with Gasteiger partial charge in [-0.05, 0) is 25.1 Å². The summed E-state index contributed by atoms with van der Waals surface area (Å²) in [6, 6.07) is 16.6. The van der Waals surface area contributed by atoms with E-state index in [1.165, 1.54) is 5.69 Å². The van der Waals surface area contributed by atoms with Crippen LogP contribution in [0.25, 0.3) is 21.9 Å². The van der Waals surface area contributed by atoms with Crippen molar-refractivity contribution in [2.24, 2.45) is 0 Å². The zero-order valence-electron chi connectivity index (χ0n) is 17.5. The first-order valence-corrected chi connectivity index (χ1v) is 10.9. The molecule has 158 valence electrons. The van der Waals surface area contributed by atoms with Gasteiger partial charge in [0.15, 0.2) is 0 Å². The van der Waals surface area contributed by atoms with Crippen LogP contribution in [-0.2, 0) is 6.54 Å². The van der Waals surface area contributed by atoms with Crippen LogP contribution >= 0.6 is 0 Å². The average molecular weight is 415 g/mol. The molecule has 1 atom stereocenters. The lowest BCUT2D eigenvalue weighted by molar-refractivity contribution is 0.163. The van der Waals surface area contributed by atoms with Crippen LogP contribution in [0, 0.1) is 6.92 Å². The maximum atomic E-state index is 13.2. The summed E-state index contributed by atoms with van der Waals surface area (Å²) in [5, 5.41) is 0.999. The number of H-pyrrole nitrogens is 1. The van der Waals surface area contributed by atoms with Crippen LogP contribution in [-0.4, -0.2) is 58.3 Å². The molecule has 0 amide bonds. The first-order valence-electron chi connectivity index (χ1n) is 10.9. The molecule has 1 saturated heterocycles. The topological polar surface area (TPSA) is 66.4 Å². The van der Waals surface area contributed by atoms with Crippen molar-refractivity contribution in [3.05, 3.63) is 64.7 Å². The lowest BCUT2D eigenvalue weighted by Crippen LogP contribution is -2.57. The summed E-state index contributed by atoms with van der Waals surface area (Å²) in [5.41, 5.74) is 3.51. The van der Waals surface area contributed by atoms with Gasteiger partial charge in [-0.3, -0.25) is 14.3 Å². The molecule has 31 heavy (non-hydrogen) atoms. The number of aromatic nitrogens is 3. The molecule has 0 bridgehead atoms. The Morgan fingerprint density at radius 2 is 1.94 bits per heavy atom. The summed E-state index contributed by atoms with van der Waals surface area (Å²) in [7, 11) is 0. The highest BCUT2D eigenvalue weighted by Crippen LogP contribution is 2.34. The van der Waals surface area contributed by atoms with Crippen molar-refractivity contribution in [3.63, 3.8) is 0 Å². The molecule has 2 aliphatic heterocycles. The number of piperazine rings is 1. The smallest absolute Gasteiger partial charge is 0.277 e. The van der Waals surface area contributed by atoms with Crippen LogP contribution in [0.2, 0.25) is 0 Å². The van der Waals surface area contributed by atoms with Crippen LogP contribution < -0.4 is 15.2 Å². The molecule has 6 rings (SSSR count). The second kappa shape index (κ2) is 7.13. The van der Waals surface area contributed by atoms with Crippen LogP contribution in [0.3, 0.4) is 0 Å². The molecule has 4 aromatic rings. The van der Waals surface area contributed by atoms with Gasteiger partial charge in [-0.15, -0.1) is 0 Å². The maximum Gasteiger partial charge on any atom is 0.277 e. The van der Waals surface area contributed by atoms with Gasteiger partial charge < -0.3 is 14.6 Å². The Morgan fingerprint density at radius 3 is 2.87 bits per heavy atom. The largest absolute Gasteiger partial charge is 0.489 e. The maximum absolute atomic E-state index is 13.2. The number of para-hydroxylation sites is 3. The van der Waals surface area contributed by atoms with Gasteiger partial charge >= 0.3 is 0 Å². The highest BCUT2D eigenvalue weighted by molar-refractivity contribution is 6.04. The minimum Gasteiger partial charge on any atom is -0.489 e. The SMILES string of the molecule is Cc1nc2c([nH]c3ccccc32)c(=O)n1CCN1CCN2c3ccccc3OCC2C1. The number of fused-ring (bicyclic) bond motifs is 6. The Bertz CT molecular complexity index is 1340. The van der Waals surface area contributed by atoms with Gasteiger partial charge in [0, 0.05) is 43.6 Å². The number of nitrogens with one attached hydrogen (secondary N) is 1. The van der Waals surface area contributed by atoms with E-state index in [1.54, 1.807) is 4.57 Å². The van der Waals surface area contributed by atoms with E-state index in [2.05, 4.69) is 26.9 Å². The second-order valence-corrected chi connectivity index (χ2v) is 8.44. The molecule has 0 radical (unpaired) electrons. The first-order chi connectivity index (χ1) is 15.2. The van der Waals surface area contributed by atoms with E-state index in [9.17, 15) is 4.79 Å². The summed E-state index contributed by atoms with van der Waals surface area (Å²) in [6.45, 7) is 6.96. The summed E-state index contributed by atoms with van der Waals surface area (Å²) in [4.78, 5) is 26.1. The fraction of sp³-hybridized carbons (Fsp3) is 0.333. The predicted molar refractivity (Wildman–Crippen MR) is 122 cm³/mol. The van der Waals surface area contributed by atoms with Gasteiger partial charge in [-0.2, -0.15) is 0 Å². The van der Waals surface area contributed by atoms with Crippen LogP contribution in [0.15, 0.2) is 53.3 Å². The predicted octanol–water partition coefficient (Wildman–Crippen LogP) is 2.77. The number of hydrogen-bond acceptors (Lipinski definition) is 5. The Labute approximate surface area is 179 Å². The standard InChI is InChI=1S/C24H25N5O2/c1-16-25-22-18-6-2-3-7-19(18)26-23(22)24(30)28(16)12-10-27-11-13-29-17(14-27)15-31-21-9-5-4-8-20(21)29/h2-9,17,26H,10-15H2,1H3. The van der Waals surface area contributed by atoms with Gasteiger partial charge in [-0.1, -0.05) is 30.3 Å². The van der Waals surface area contributed by atoms with Crippen LogP contribution in [0.5, 0.6) is 5.75 Å². The zero-order chi connectivity index (χ0) is 20.9. The third kappa shape index (κ3) is 2.99. The highest BCUT2D eigenvalue weighted by atomic mass is 16.5. The van der Waals surface area contributed by atoms with Crippen molar-refractivity contribution in [2.75, 3.05) is 37.7 Å². The third-order valence-corrected chi connectivity index (χ3v) is 6.61. The molecule has 4 heterocycles. The van der Waals surface area contributed by atoms with Crippen LogP contribution in [0.4, 0.5) is 5.69 Å². The van der Waals surface area contributed by atoms with E-state index in [4.69, 9.17) is 9.72 Å². The number of rotatable bonds is 3. The summed E-state index contributed by atoms with van der Waals surface area (Å²) in [5.74, 6) is 1.74. The van der Waals surface area contributed by atoms with Crippen molar-refractivity contribution in [3.8, 4) is 5.75 Å². The molecule has 2 aliphatic rings. The van der Waals surface area contributed by atoms with E-state index in [-0.39, 0.29) is 5.56 Å². The van der Waals surface area contributed by atoms with E-state index in [1.807, 2.05) is 43.3 Å². The molecule has 7 nitrogen and oxygen atoms in total.